The van der Waals surface area contributed by atoms with E-state index in [0.29, 0.717) is 12.1 Å². The summed E-state index contributed by atoms with van der Waals surface area (Å²) in [7, 11) is 1.48. The van der Waals surface area contributed by atoms with E-state index in [1.807, 2.05) is 6.07 Å². The van der Waals surface area contributed by atoms with Crippen LogP contribution < -0.4 is 9.64 Å². The van der Waals surface area contributed by atoms with Crippen molar-refractivity contribution in [2.75, 3.05) is 51.3 Å². The van der Waals surface area contributed by atoms with Gasteiger partial charge in [-0.3, -0.25) is 19.4 Å². The van der Waals surface area contributed by atoms with Crippen LogP contribution in [0.5, 0.6) is 5.75 Å². The third-order valence-corrected chi connectivity index (χ3v) is 4.91. The first-order chi connectivity index (χ1) is 12.5. The first kappa shape index (κ1) is 18.4. The summed E-state index contributed by atoms with van der Waals surface area (Å²) in [5, 5.41) is 0. The molecule has 3 rings (SSSR count). The van der Waals surface area contributed by atoms with E-state index < -0.39 is 0 Å². The van der Waals surface area contributed by atoms with Crippen molar-refractivity contribution in [2.24, 2.45) is 0 Å². The molecule has 0 aromatic heterocycles. The molecule has 0 spiro atoms. The summed E-state index contributed by atoms with van der Waals surface area (Å²) in [6, 6.07) is 4.97. The van der Waals surface area contributed by atoms with E-state index in [1.54, 1.807) is 13.0 Å². The molecule has 2 amide bonds. The third-order valence-electron chi connectivity index (χ3n) is 4.91. The number of methoxy groups -OCH3 is 1. The smallest absolute Gasteiger partial charge is 0.256 e. The second kappa shape index (κ2) is 7.86. The number of nitrogens with zero attached hydrogens (tertiary/aromatic N) is 3. The quantitative estimate of drug-likeness (QED) is 0.722. The summed E-state index contributed by atoms with van der Waals surface area (Å²) in [6.07, 6.45) is 2.15. The second-order valence-electron chi connectivity index (χ2n) is 6.60. The summed E-state index contributed by atoms with van der Waals surface area (Å²) in [6.45, 7) is 6.19. The SMILES string of the molecule is COc1c(F)cccc1N1CCN(CCCN2C(=O)C=C(C)C2=O)CC1. The lowest BCUT2D eigenvalue weighted by Gasteiger charge is -2.36. The zero-order chi connectivity index (χ0) is 18.7. The molecule has 0 bridgehead atoms. The van der Waals surface area contributed by atoms with Gasteiger partial charge in [0.25, 0.3) is 11.8 Å². The molecule has 1 saturated heterocycles. The second-order valence-corrected chi connectivity index (χ2v) is 6.60. The van der Waals surface area contributed by atoms with Crippen molar-refractivity contribution < 1.29 is 18.7 Å². The molecule has 0 unspecified atom stereocenters. The maximum absolute atomic E-state index is 13.9. The molecule has 1 fully saturated rings. The highest BCUT2D eigenvalue weighted by Crippen LogP contribution is 2.31. The van der Waals surface area contributed by atoms with Crippen LogP contribution >= 0.6 is 0 Å². The van der Waals surface area contributed by atoms with E-state index in [2.05, 4.69) is 9.80 Å². The van der Waals surface area contributed by atoms with Crippen LogP contribution in [0.1, 0.15) is 13.3 Å². The number of halogens is 1. The highest BCUT2D eigenvalue weighted by molar-refractivity contribution is 6.15. The zero-order valence-corrected chi connectivity index (χ0v) is 15.2. The number of piperazine rings is 1. The van der Waals surface area contributed by atoms with E-state index in [-0.39, 0.29) is 23.4 Å². The summed E-state index contributed by atoms with van der Waals surface area (Å²) < 4.78 is 19.1. The fraction of sp³-hybridized carbons (Fsp3) is 0.474. The largest absolute Gasteiger partial charge is 0.492 e. The lowest BCUT2D eigenvalue weighted by Crippen LogP contribution is -2.47. The molecule has 1 aromatic rings. The van der Waals surface area contributed by atoms with E-state index >= 15 is 0 Å². The Balaban J connectivity index is 1.47. The average Bonchev–Trinajstić information content (AvgIpc) is 2.88. The van der Waals surface area contributed by atoms with Gasteiger partial charge in [0.1, 0.15) is 0 Å². The average molecular weight is 361 g/mol. The minimum absolute atomic E-state index is 0.182. The van der Waals surface area contributed by atoms with Crippen LogP contribution in [0.3, 0.4) is 0 Å². The Bertz CT molecular complexity index is 727. The van der Waals surface area contributed by atoms with E-state index in [0.717, 1.165) is 44.8 Å². The van der Waals surface area contributed by atoms with Gasteiger partial charge in [-0.25, -0.2) is 4.39 Å². The van der Waals surface area contributed by atoms with Crippen LogP contribution in [0, 0.1) is 5.82 Å². The Morgan fingerprint density at radius 2 is 1.85 bits per heavy atom. The van der Waals surface area contributed by atoms with Gasteiger partial charge in [-0.15, -0.1) is 0 Å². The predicted molar refractivity (Wildman–Crippen MR) is 96.7 cm³/mol. The van der Waals surface area contributed by atoms with Gasteiger partial charge < -0.3 is 9.64 Å². The monoisotopic (exact) mass is 361 g/mol. The van der Waals surface area contributed by atoms with Crippen molar-refractivity contribution in [3.8, 4) is 5.75 Å². The van der Waals surface area contributed by atoms with Crippen LogP contribution in [0.25, 0.3) is 0 Å². The van der Waals surface area contributed by atoms with Gasteiger partial charge in [0.2, 0.25) is 0 Å². The van der Waals surface area contributed by atoms with Crippen molar-refractivity contribution >= 4 is 17.5 Å². The molecule has 0 atom stereocenters. The van der Waals surface area contributed by atoms with E-state index in [4.69, 9.17) is 4.74 Å². The topological polar surface area (TPSA) is 53.1 Å². The van der Waals surface area contributed by atoms with Gasteiger partial charge in [-0.2, -0.15) is 0 Å². The van der Waals surface area contributed by atoms with Crippen molar-refractivity contribution in [1.82, 2.24) is 9.80 Å². The van der Waals surface area contributed by atoms with Crippen molar-refractivity contribution in [1.29, 1.82) is 0 Å². The number of hydrogen-bond acceptors (Lipinski definition) is 5. The van der Waals surface area contributed by atoms with Gasteiger partial charge in [0, 0.05) is 44.4 Å². The molecule has 2 aliphatic rings. The summed E-state index contributed by atoms with van der Waals surface area (Å²) >= 11 is 0. The van der Waals surface area contributed by atoms with Crippen LogP contribution in [0.4, 0.5) is 10.1 Å². The predicted octanol–water partition coefficient (Wildman–Crippen LogP) is 1.66. The highest BCUT2D eigenvalue weighted by Gasteiger charge is 2.28. The number of hydrogen-bond donors (Lipinski definition) is 0. The number of anilines is 1. The molecular weight excluding hydrogens is 337 g/mol. The van der Waals surface area contributed by atoms with Gasteiger partial charge in [0.15, 0.2) is 11.6 Å². The van der Waals surface area contributed by atoms with Crippen molar-refractivity contribution in [3.63, 3.8) is 0 Å². The van der Waals surface area contributed by atoms with Crippen LogP contribution in [-0.2, 0) is 9.59 Å². The van der Waals surface area contributed by atoms with Gasteiger partial charge in [-0.1, -0.05) is 6.07 Å². The van der Waals surface area contributed by atoms with Gasteiger partial charge in [0.05, 0.1) is 12.8 Å². The van der Waals surface area contributed by atoms with Crippen LogP contribution in [-0.4, -0.2) is 68.0 Å². The lowest BCUT2D eigenvalue weighted by atomic mass is 10.2. The number of rotatable bonds is 6. The standard InChI is InChI=1S/C19H24FN3O3/c1-14-13-17(24)23(19(14)25)8-4-7-21-9-11-22(12-10-21)16-6-3-5-15(20)18(16)26-2/h3,5-6,13H,4,7-12H2,1-2H3. The first-order valence-corrected chi connectivity index (χ1v) is 8.85. The fourth-order valence-electron chi connectivity index (χ4n) is 3.46. The third kappa shape index (κ3) is 3.72. The molecule has 0 aliphatic carbocycles. The number of carbonyl (C=O) groups is 2. The summed E-state index contributed by atoms with van der Waals surface area (Å²) in [5.74, 6) is -0.459. The number of amides is 2. The molecule has 1 aromatic carbocycles. The molecule has 140 valence electrons. The molecule has 26 heavy (non-hydrogen) atoms. The maximum atomic E-state index is 13.9. The summed E-state index contributed by atoms with van der Waals surface area (Å²) in [5.41, 5.74) is 1.29. The Hall–Kier alpha value is -2.41. The minimum Gasteiger partial charge on any atom is -0.492 e. The molecule has 0 N–H and O–H groups in total. The van der Waals surface area contributed by atoms with E-state index in [9.17, 15) is 14.0 Å². The Morgan fingerprint density at radius 3 is 2.46 bits per heavy atom. The molecular formula is C19H24FN3O3. The first-order valence-electron chi connectivity index (χ1n) is 8.85. The minimum atomic E-state index is -0.351. The summed E-state index contributed by atoms with van der Waals surface area (Å²) in [4.78, 5) is 29.3. The Labute approximate surface area is 152 Å². The highest BCUT2D eigenvalue weighted by atomic mass is 19.1. The van der Waals surface area contributed by atoms with Gasteiger partial charge in [-0.05, 0) is 32.0 Å². The number of benzene rings is 1. The molecule has 6 nitrogen and oxygen atoms in total. The Kier molecular flexibility index (Phi) is 5.56. The molecule has 2 heterocycles. The number of carbonyl (C=O) groups excluding carboxylic acids is 2. The number of para-hydroxylation sites is 1. The zero-order valence-electron chi connectivity index (χ0n) is 15.2. The van der Waals surface area contributed by atoms with Crippen molar-refractivity contribution in [3.05, 3.63) is 35.7 Å². The molecule has 0 radical (unpaired) electrons. The normalized spacial score (nSPS) is 18.5. The number of ether oxygens (including phenoxy) is 1. The van der Waals surface area contributed by atoms with Crippen LogP contribution in [0.15, 0.2) is 29.8 Å². The maximum Gasteiger partial charge on any atom is 0.256 e. The number of imide groups is 1. The van der Waals surface area contributed by atoms with Gasteiger partial charge >= 0.3 is 0 Å². The fourth-order valence-corrected chi connectivity index (χ4v) is 3.46. The molecule has 7 heteroatoms. The van der Waals surface area contributed by atoms with Crippen molar-refractivity contribution in [2.45, 2.75) is 13.3 Å². The van der Waals surface area contributed by atoms with Crippen LogP contribution in [0.2, 0.25) is 0 Å². The molecule has 0 saturated carbocycles. The molecule has 2 aliphatic heterocycles. The Morgan fingerprint density at radius 1 is 1.12 bits per heavy atom. The van der Waals surface area contributed by atoms with E-state index in [1.165, 1.54) is 24.2 Å². The lowest BCUT2D eigenvalue weighted by molar-refractivity contribution is -0.137.